The highest BCUT2D eigenvalue weighted by atomic mass is 35.5. The lowest BCUT2D eigenvalue weighted by atomic mass is 10.1. The van der Waals surface area contributed by atoms with Crippen molar-refractivity contribution in [2.24, 2.45) is 0 Å². The second kappa shape index (κ2) is 8.14. The predicted octanol–water partition coefficient (Wildman–Crippen LogP) is 4.22. The van der Waals surface area contributed by atoms with Crippen molar-refractivity contribution in [1.82, 2.24) is 24.9 Å². The molecule has 140 valence electrons. The maximum Gasteiger partial charge on any atom is 0.183 e. The molecule has 0 saturated carbocycles. The molecule has 0 radical (unpaired) electrons. The van der Waals surface area contributed by atoms with Gasteiger partial charge in [-0.1, -0.05) is 23.7 Å². The molecule has 3 aromatic heterocycles. The summed E-state index contributed by atoms with van der Waals surface area (Å²) in [4.78, 5) is 20.9. The smallest absolute Gasteiger partial charge is 0.183 e. The van der Waals surface area contributed by atoms with Crippen LogP contribution in [-0.4, -0.2) is 31.5 Å². The molecule has 3 heterocycles. The molecule has 0 amide bonds. The van der Waals surface area contributed by atoms with Gasteiger partial charge in [0.1, 0.15) is 17.6 Å². The van der Waals surface area contributed by atoms with Gasteiger partial charge in [-0.25, -0.2) is 24.9 Å². The maximum absolute atomic E-state index is 6.11. The molecule has 1 N–H and O–H groups in total. The van der Waals surface area contributed by atoms with E-state index < -0.39 is 0 Å². The average molecular weight is 393 g/mol. The molecule has 28 heavy (non-hydrogen) atoms. The quantitative estimate of drug-likeness (QED) is 0.491. The Hall–Kier alpha value is -3.32. The second-order valence-electron chi connectivity index (χ2n) is 6.12. The highest BCUT2D eigenvalue weighted by Gasteiger charge is 2.08. The fourth-order valence-corrected chi connectivity index (χ4v) is 2.97. The number of ether oxygens (including phenoxy) is 1. The Morgan fingerprint density at radius 3 is 2.57 bits per heavy atom. The molecule has 0 aliphatic carbocycles. The van der Waals surface area contributed by atoms with Gasteiger partial charge in [-0.05, 0) is 42.7 Å². The van der Waals surface area contributed by atoms with Crippen LogP contribution in [0.1, 0.15) is 11.1 Å². The third-order valence-corrected chi connectivity index (χ3v) is 4.45. The van der Waals surface area contributed by atoms with E-state index in [-0.39, 0.29) is 0 Å². The van der Waals surface area contributed by atoms with Crippen LogP contribution >= 0.6 is 11.6 Å². The Morgan fingerprint density at radius 2 is 1.75 bits per heavy atom. The first-order chi connectivity index (χ1) is 13.7. The minimum absolute atomic E-state index is 0.355. The highest BCUT2D eigenvalue weighted by Crippen LogP contribution is 2.30. The fraction of sp³-hybridized carbons (Fsp3) is 0.150. The Bertz CT molecular complexity index is 1080. The first-order valence-electron chi connectivity index (χ1n) is 8.74. The van der Waals surface area contributed by atoms with E-state index in [9.17, 15) is 0 Å². The number of aromatic nitrogens is 5. The first-order valence-corrected chi connectivity index (χ1v) is 9.12. The molecular weight excluding hydrogens is 376 g/mol. The van der Waals surface area contributed by atoms with Crippen LogP contribution < -0.4 is 10.1 Å². The number of nitrogens with one attached hydrogen (secondary N) is 1. The summed E-state index contributed by atoms with van der Waals surface area (Å²) >= 11 is 6.11. The van der Waals surface area contributed by atoms with E-state index in [1.54, 1.807) is 18.6 Å². The summed E-state index contributed by atoms with van der Waals surface area (Å²) in [6.07, 6.45) is 7.21. The van der Waals surface area contributed by atoms with Crippen molar-refractivity contribution in [3.8, 4) is 11.5 Å². The number of benzene rings is 1. The number of fused-ring (bicyclic) bond motifs is 1. The van der Waals surface area contributed by atoms with Gasteiger partial charge in [0.2, 0.25) is 0 Å². The lowest BCUT2D eigenvalue weighted by molar-refractivity contribution is 0.476. The summed E-state index contributed by atoms with van der Waals surface area (Å²) in [5, 5.41) is 3.65. The van der Waals surface area contributed by atoms with E-state index in [2.05, 4.69) is 30.2 Å². The van der Waals surface area contributed by atoms with Crippen LogP contribution in [0.3, 0.4) is 0 Å². The van der Waals surface area contributed by atoms with Crippen LogP contribution in [0.4, 0.5) is 5.82 Å². The lowest BCUT2D eigenvalue weighted by Crippen LogP contribution is -2.08. The van der Waals surface area contributed by atoms with Crippen LogP contribution in [0.5, 0.6) is 11.5 Å². The summed E-state index contributed by atoms with van der Waals surface area (Å²) in [6.45, 7) is 2.64. The zero-order valence-corrected chi connectivity index (χ0v) is 15.9. The molecule has 4 rings (SSSR count). The number of rotatable bonds is 6. The van der Waals surface area contributed by atoms with Crippen molar-refractivity contribution >= 4 is 28.6 Å². The molecule has 0 spiro atoms. The highest BCUT2D eigenvalue weighted by molar-refractivity contribution is 6.30. The van der Waals surface area contributed by atoms with Crippen molar-refractivity contribution in [2.45, 2.75) is 13.3 Å². The summed E-state index contributed by atoms with van der Waals surface area (Å²) < 4.78 is 5.87. The predicted molar refractivity (Wildman–Crippen MR) is 108 cm³/mol. The molecule has 0 aliphatic rings. The van der Waals surface area contributed by atoms with Crippen molar-refractivity contribution < 1.29 is 4.74 Å². The number of pyridine rings is 1. The number of halogens is 1. The minimum atomic E-state index is 0.355. The SMILES string of the molecule is Cc1ccnc(Cl)c1Oc1ccc(CCNc2ncnc3nccnc23)cc1. The van der Waals surface area contributed by atoms with E-state index in [1.807, 2.05) is 37.3 Å². The van der Waals surface area contributed by atoms with Crippen LogP contribution in [0.2, 0.25) is 5.15 Å². The topological polar surface area (TPSA) is 85.7 Å². The van der Waals surface area contributed by atoms with Gasteiger partial charge in [0.05, 0.1) is 0 Å². The monoisotopic (exact) mass is 392 g/mol. The zero-order valence-electron chi connectivity index (χ0n) is 15.1. The van der Waals surface area contributed by atoms with Crippen molar-refractivity contribution in [1.29, 1.82) is 0 Å². The molecule has 0 bridgehead atoms. The normalized spacial score (nSPS) is 10.8. The Balaban J connectivity index is 1.38. The standard InChI is InChI=1S/C20H17ClN6O/c1-13-6-8-23-18(21)17(13)28-15-4-2-14(3-5-15)7-9-24-19-16-20(27-12-26-19)25-11-10-22-16/h2-6,8,10-12H,7,9H2,1H3,(H,24,25,26,27). The lowest BCUT2D eigenvalue weighted by Gasteiger charge is -2.10. The first kappa shape index (κ1) is 18.1. The molecule has 0 aliphatic heterocycles. The third kappa shape index (κ3) is 3.99. The van der Waals surface area contributed by atoms with E-state index in [0.29, 0.717) is 40.2 Å². The minimum Gasteiger partial charge on any atom is -0.454 e. The number of anilines is 1. The van der Waals surface area contributed by atoms with Crippen LogP contribution in [-0.2, 0) is 6.42 Å². The third-order valence-electron chi connectivity index (χ3n) is 4.18. The molecule has 0 unspecified atom stereocenters. The van der Waals surface area contributed by atoms with Gasteiger partial charge in [-0.3, -0.25) is 0 Å². The summed E-state index contributed by atoms with van der Waals surface area (Å²) in [5.41, 5.74) is 3.34. The molecule has 7 nitrogen and oxygen atoms in total. The van der Waals surface area contributed by atoms with E-state index in [4.69, 9.17) is 16.3 Å². The Labute approximate surface area is 166 Å². The van der Waals surface area contributed by atoms with Gasteiger partial charge in [0.15, 0.2) is 22.4 Å². The second-order valence-corrected chi connectivity index (χ2v) is 6.48. The van der Waals surface area contributed by atoms with Gasteiger partial charge in [-0.2, -0.15) is 0 Å². The Morgan fingerprint density at radius 1 is 0.929 bits per heavy atom. The maximum atomic E-state index is 6.11. The number of hydrogen-bond donors (Lipinski definition) is 1. The fourth-order valence-electron chi connectivity index (χ4n) is 2.73. The van der Waals surface area contributed by atoms with Gasteiger partial charge in [0, 0.05) is 25.1 Å². The van der Waals surface area contributed by atoms with Crippen LogP contribution in [0.25, 0.3) is 11.2 Å². The van der Waals surface area contributed by atoms with Crippen LogP contribution in [0.15, 0.2) is 55.2 Å². The molecule has 0 fully saturated rings. The van der Waals surface area contributed by atoms with Gasteiger partial charge in [-0.15, -0.1) is 0 Å². The van der Waals surface area contributed by atoms with E-state index >= 15 is 0 Å². The van der Waals surface area contributed by atoms with Gasteiger partial charge in [0.25, 0.3) is 0 Å². The summed E-state index contributed by atoms with van der Waals surface area (Å²) in [7, 11) is 0. The number of hydrogen-bond acceptors (Lipinski definition) is 7. The van der Waals surface area contributed by atoms with Crippen LogP contribution in [0, 0.1) is 6.92 Å². The molecule has 4 aromatic rings. The Kier molecular flexibility index (Phi) is 5.25. The zero-order chi connectivity index (χ0) is 19.3. The summed E-state index contributed by atoms with van der Waals surface area (Å²) in [5.74, 6) is 1.97. The van der Waals surface area contributed by atoms with E-state index in [1.165, 1.54) is 11.9 Å². The number of nitrogens with zero attached hydrogens (tertiary/aromatic N) is 5. The molecule has 8 heteroatoms. The van der Waals surface area contributed by atoms with Gasteiger partial charge < -0.3 is 10.1 Å². The average Bonchev–Trinajstić information content (AvgIpc) is 2.72. The molecule has 0 saturated heterocycles. The number of aryl methyl sites for hydroxylation is 1. The summed E-state index contributed by atoms with van der Waals surface area (Å²) in [6, 6.07) is 9.75. The largest absolute Gasteiger partial charge is 0.454 e. The van der Waals surface area contributed by atoms with Crippen molar-refractivity contribution in [3.05, 3.63) is 71.5 Å². The van der Waals surface area contributed by atoms with Gasteiger partial charge >= 0.3 is 0 Å². The van der Waals surface area contributed by atoms with E-state index in [0.717, 1.165) is 12.0 Å². The van der Waals surface area contributed by atoms with Crippen molar-refractivity contribution in [2.75, 3.05) is 11.9 Å². The van der Waals surface area contributed by atoms with Crippen molar-refractivity contribution in [3.63, 3.8) is 0 Å². The molecule has 1 aromatic carbocycles. The molecular formula is C20H17ClN6O. The molecule has 0 atom stereocenters.